The fourth-order valence-corrected chi connectivity index (χ4v) is 5.25. The summed E-state index contributed by atoms with van der Waals surface area (Å²) >= 11 is 0. The third-order valence-corrected chi connectivity index (χ3v) is 7.23. The van der Waals surface area contributed by atoms with Gasteiger partial charge in [-0.05, 0) is 67.3 Å². The van der Waals surface area contributed by atoms with Crippen molar-refractivity contribution in [2.45, 2.75) is 57.7 Å². The first-order chi connectivity index (χ1) is 18.9. The van der Waals surface area contributed by atoms with E-state index in [4.69, 9.17) is 4.74 Å². The summed E-state index contributed by atoms with van der Waals surface area (Å²) in [5, 5.41) is 21.6. The summed E-state index contributed by atoms with van der Waals surface area (Å²) < 4.78 is 7.21. The monoisotopic (exact) mass is 527 g/mol. The van der Waals surface area contributed by atoms with E-state index in [0.29, 0.717) is 22.5 Å². The molecule has 0 saturated heterocycles. The maximum absolute atomic E-state index is 14.3. The number of phenolic OH excluding ortho intramolecular Hbond substituents is 1. The molecule has 2 N–H and O–H groups in total. The molecule has 0 unspecified atom stereocenters. The molecule has 3 aromatic carbocycles. The van der Waals surface area contributed by atoms with Crippen LogP contribution < -0.4 is 15.0 Å². The van der Waals surface area contributed by atoms with Crippen LogP contribution in [0.25, 0.3) is 11.0 Å². The predicted octanol–water partition coefficient (Wildman–Crippen LogP) is 4.68. The van der Waals surface area contributed by atoms with Gasteiger partial charge in [0.2, 0.25) is 11.8 Å². The van der Waals surface area contributed by atoms with Gasteiger partial charge in [0.15, 0.2) is 0 Å². The van der Waals surface area contributed by atoms with Crippen LogP contribution in [0.3, 0.4) is 0 Å². The zero-order valence-electron chi connectivity index (χ0n) is 22.2. The first-order valence-electron chi connectivity index (χ1n) is 13.3. The largest absolute Gasteiger partial charge is 0.508 e. The molecule has 0 aliphatic heterocycles. The summed E-state index contributed by atoms with van der Waals surface area (Å²) in [6, 6.07) is 18.4. The fraction of sp³-hybridized carbons (Fsp3) is 0.333. The van der Waals surface area contributed by atoms with Gasteiger partial charge in [0.1, 0.15) is 29.6 Å². The summed E-state index contributed by atoms with van der Waals surface area (Å²) in [7, 11) is 1.54. The van der Waals surface area contributed by atoms with Crippen LogP contribution in [-0.2, 0) is 16.1 Å². The van der Waals surface area contributed by atoms with Crippen LogP contribution in [0.4, 0.5) is 5.69 Å². The highest BCUT2D eigenvalue weighted by Crippen LogP contribution is 2.37. The molecule has 1 fully saturated rings. The molecule has 9 heteroatoms. The number of ether oxygens (including phenoxy) is 1. The van der Waals surface area contributed by atoms with Gasteiger partial charge in [-0.2, -0.15) is 0 Å². The highest BCUT2D eigenvalue weighted by Gasteiger charge is 2.36. The summed E-state index contributed by atoms with van der Waals surface area (Å²) in [5.74, 6) is -0.101. The molecule has 1 atom stereocenters. The summed E-state index contributed by atoms with van der Waals surface area (Å²) in [4.78, 5) is 29.8. The first-order valence-corrected chi connectivity index (χ1v) is 13.3. The molecule has 1 aromatic heterocycles. The SMILES string of the molecule is COc1ccc(C)cc1N(C(=O)Cn1nnc2ccccc21)[C@@H](C(=O)NC1CCCCC1)c1ccc(O)cc1. The lowest BCUT2D eigenvalue weighted by Crippen LogP contribution is -2.48. The molecule has 1 saturated carbocycles. The second-order valence-electron chi connectivity index (χ2n) is 10.0. The Morgan fingerprint density at radius 3 is 2.56 bits per heavy atom. The van der Waals surface area contributed by atoms with Crippen molar-refractivity contribution in [3.8, 4) is 11.5 Å². The van der Waals surface area contributed by atoms with Crippen molar-refractivity contribution >= 4 is 28.5 Å². The van der Waals surface area contributed by atoms with Crippen LogP contribution >= 0.6 is 0 Å². The molecule has 0 bridgehead atoms. The van der Waals surface area contributed by atoms with E-state index in [9.17, 15) is 14.7 Å². The number of carbonyl (C=O) groups excluding carboxylic acids is 2. The number of phenols is 1. The highest BCUT2D eigenvalue weighted by atomic mass is 16.5. The number of benzene rings is 3. The lowest BCUT2D eigenvalue weighted by molar-refractivity contribution is -0.127. The molecule has 0 radical (unpaired) electrons. The van der Waals surface area contributed by atoms with Gasteiger partial charge in [0, 0.05) is 6.04 Å². The molecule has 202 valence electrons. The number of fused-ring (bicyclic) bond motifs is 1. The zero-order chi connectivity index (χ0) is 27.4. The molecule has 0 spiro atoms. The Morgan fingerprint density at radius 1 is 1.08 bits per heavy atom. The predicted molar refractivity (Wildman–Crippen MR) is 149 cm³/mol. The Bertz CT molecular complexity index is 1460. The van der Waals surface area contributed by atoms with Gasteiger partial charge in [-0.1, -0.05) is 54.8 Å². The van der Waals surface area contributed by atoms with Crippen molar-refractivity contribution in [3.63, 3.8) is 0 Å². The first kappa shape index (κ1) is 26.2. The van der Waals surface area contributed by atoms with Crippen molar-refractivity contribution in [2.75, 3.05) is 12.0 Å². The Morgan fingerprint density at radius 2 is 1.82 bits per heavy atom. The lowest BCUT2D eigenvalue weighted by atomic mass is 9.94. The van der Waals surface area contributed by atoms with E-state index >= 15 is 0 Å². The average molecular weight is 528 g/mol. The molecule has 1 aliphatic rings. The number of aromatic nitrogens is 3. The van der Waals surface area contributed by atoms with Gasteiger partial charge in [0.25, 0.3) is 0 Å². The number of aryl methyl sites for hydroxylation is 1. The number of hydrogen-bond donors (Lipinski definition) is 2. The summed E-state index contributed by atoms with van der Waals surface area (Å²) in [5.41, 5.74) is 3.35. The number of carbonyl (C=O) groups is 2. The van der Waals surface area contributed by atoms with E-state index in [0.717, 1.165) is 43.2 Å². The summed E-state index contributed by atoms with van der Waals surface area (Å²) in [6.45, 7) is 1.79. The van der Waals surface area contributed by atoms with Crippen LogP contribution in [0, 0.1) is 6.92 Å². The Hall–Kier alpha value is -4.40. The van der Waals surface area contributed by atoms with Gasteiger partial charge in [-0.15, -0.1) is 5.10 Å². The summed E-state index contributed by atoms with van der Waals surface area (Å²) in [6.07, 6.45) is 5.08. The Labute approximate surface area is 227 Å². The van der Waals surface area contributed by atoms with Crippen molar-refractivity contribution < 1.29 is 19.4 Å². The number of nitrogens with one attached hydrogen (secondary N) is 1. The van der Waals surface area contributed by atoms with E-state index in [2.05, 4.69) is 15.6 Å². The van der Waals surface area contributed by atoms with Crippen LogP contribution in [-0.4, -0.2) is 45.1 Å². The highest BCUT2D eigenvalue weighted by molar-refractivity contribution is 6.02. The van der Waals surface area contributed by atoms with Crippen LogP contribution in [0.1, 0.15) is 49.3 Å². The van der Waals surface area contributed by atoms with E-state index in [1.807, 2.05) is 43.3 Å². The van der Waals surface area contributed by atoms with Crippen molar-refractivity contribution in [1.82, 2.24) is 20.3 Å². The second-order valence-corrected chi connectivity index (χ2v) is 10.0. The smallest absolute Gasteiger partial charge is 0.249 e. The van der Waals surface area contributed by atoms with Crippen LogP contribution in [0.15, 0.2) is 66.7 Å². The number of amides is 2. The van der Waals surface area contributed by atoms with Gasteiger partial charge in [-0.25, -0.2) is 4.68 Å². The zero-order valence-corrected chi connectivity index (χ0v) is 22.2. The minimum Gasteiger partial charge on any atom is -0.508 e. The molecule has 5 rings (SSSR count). The number of anilines is 1. The van der Waals surface area contributed by atoms with Gasteiger partial charge in [-0.3, -0.25) is 14.5 Å². The Kier molecular flexibility index (Phi) is 7.76. The molecule has 9 nitrogen and oxygen atoms in total. The van der Waals surface area contributed by atoms with E-state index in [-0.39, 0.29) is 30.2 Å². The van der Waals surface area contributed by atoms with Gasteiger partial charge < -0.3 is 15.2 Å². The molecule has 2 amide bonds. The van der Waals surface area contributed by atoms with Gasteiger partial charge in [0.05, 0.1) is 18.3 Å². The van der Waals surface area contributed by atoms with Crippen molar-refractivity contribution in [1.29, 1.82) is 0 Å². The lowest BCUT2D eigenvalue weighted by Gasteiger charge is -2.34. The normalized spacial score (nSPS) is 14.6. The molecule has 39 heavy (non-hydrogen) atoms. The maximum atomic E-state index is 14.3. The van der Waals surface area contributed by atoms with E-state index in [1.54, 1.807) is 30.0 Å². The molecule has 1 heterocycles. The van der Waals surface area contributed by atoms with E-state index < -0.39 is 6.04 Å². The number of nitrogens with zero attached hydrogens (tertiary/aromatic N) is 4. The molecular weight excluding hydrogens is 494 g/mol. The molecule has 4 aromatic rings. The number of rotatable bonds is 8. The Balaban J connectivity index is 1.61. The third-order valence-electron chi connectivity index (χ3n) is 7.23. The quantitative estimate of drug-likeness (QED) is 0.344. The number of aromatic hydroxyl groups is 1. The maximum Gasteiger partial charge on any atom is 0.249 e. The molecule has 1 aliphatic carbocycles. The van der Waals surface area contributed by atoms with Crippen molar-refractivity contribution in [2.24, 2.45) is 0 Å². The number of methoxy groups -OCH3 is 1. The minimum atomic E-state index is -1.01. The third kappa shape index (κ3) is 5.72. The van der Waals surface area contributed by atoms with Gasteiger partial charge >= 0.3 is 0 Å². The number of hydrogen-bond acceptors (Lipinski definition) is 6. The molecular formula is C30H33N5O4. The topological polar surface area (TPSA) is 110 Å². The second kappa shape index (κ2) is 11.6. The average Bonchev–Trinajstić information content (AvgIpc) is 3.35. The van der Waals surface area contributed by atoms with E-state index in [1.165, 1.54) is 17.0 Å². The van der Waals surface area contributed by atoms with Crippen molar-refractivity contribution in [3.05, 3.63) is 77.9 Å². The fourth-order valence-electron chi connectivity index (χ4n) is 5.25. The van der Waals surface area contributed by atoms with Crippen LogP contribution in [0.2, 0.25) is 0 Å². The standard InChI is InChI=1S/C30H33N5O4/c1-20-12-17-27(39-2)26(18-20)35(28(37)19-34-25-11-7-6-10-24(25)32-33-34)29(21-13-15-23(36)16-14-21)30(38)31-22-8-4-3-5-9-22/h6-7,10-18,22,29,36H,3-5,8-9,19H2,1-2H3,(H,31,38)/t29-/m1/s1. The number of para-hydroxylation sites is 1. The van der Waals surface area contributed by atoms with Crippen LogP contribution in [0.5, 0.6) is 11.5 Å². The minimum absolute atomic E-state index is 0.0430.